The van der Waals surface area contributed by atoms with Gasteiger partial charge in [0.15, 0.2) is 0 Å². The van der Waals surface area contributed by atoms with E-state index in [0.29, 0.717) is 45.0 Å². The number of amides is 3. The molecule has 8 heteroatoms. The lowest BCUT2D eigenvalue weighted by molar-refractivity contribution is -0.130. The second-order valence-corrected chi connectivity index (χ2v) is 7.49. The Hall–Kier alpha value is -3.42. The number of hydrogen-bond acceptors (Lipinski definition) is 4. The number of piperazine rings is 1. The molecule has 1 N–H and O–H groups in total. The maximum absolute atomic E-state index is 14.5. The molecule has 4 rings (SSSR count). The number of fused-ring (bicyclic) bond motifs is 1. The van der Waals surface area contributed by atoms with Crippen LogP contribution in [0.3, 0.4) is 0 Å². The molecular formula is C22H23FN4O3. The molecule has 0 unspecified atom stereocenters. The van der Waals surface area contributed by atoms with E-state index in [1.165, 1.54) is 13.0 Å². The number of halogens is 1. The Labute approximate surface area is 174 Å². The van der Waals surface area contributed by atoms with E-state index in [0.717, 1.165) is 11.3 Å². The number of nitrogens with zero attached hydrogens (tertiary/aromatic N) is 3. The minimum atomic E-state index is -0.565. The molecule has 0 spiro atoms. The van der Waals surface area contributed by atoms with Crippen LogP contribution in [0.1, 0.15) is 33.2 Å². The normalized spacial score (nSPS) is 16.2. The van der Waals surface area contributed by atoms with Crippen LogP contribution in [0.25, 0.3) is 0 Å². The van der Waals surface area contributed by atoms with Crippen LogP contribution < -0.4 is 10.2 Å². The van der Waals surface area contributed by atoms with Gasteiger partial charge < -0.3 is 20.0 Å². The SMILES string of the molecule is CC(=O)N1CCN(C(=O)c2cc(CN3CNC(=O)c4ccccc43)ccc2F)CC1. The van der Waals surface area contributed by atoms with E-state index in [4.69, 9.17) is 0 Å². The lowest BCUT2D eigenvalue weighted by Crippen LogP contribution is -2.50. The van der Waals surface area contributed by atoms with Crippen molar-refractivity contribution in [3.05, 3.63) is 65.0 Å². The zero-order valence-corrected chi connectivity index (χ0v) is 16.7. The van der Waals surface area contributed by atoms with E-state index in [1.54, 1.807) is 28.0 Å². The smallest absolute Gasteiger partial charge is 0.256 e. The number of benzene rings is 2. The molecule has 2 aliphatic heterocycles. The highest BCUT2D eigenvalue weighted by Crippen LogP contribution is 2.25. The first-order valence-electron chi connectivity index (χ1n) is 9.89. The number of rotatable bonds is 3. The number of anilines is 1. The Morgan fingerprint density at radius 3 is 2.47 bits per heavy atom. The summed E-state index contributed by atoms with van der Waals surface area (Å²) < 4.78 is 14.5. The largest absolute Gasteiger partial charge is 0.349 e. The highest BCUT2D eigenvalue weighted by atomic mass is 19.1. The summed E-state index contributed by atoms with van der Waals surface area (Å²) in [6, 6.07) is 11.8. The van der Waals surface area contributed by atoms with E-state index in [-0.39, 0.29) is 23.3 Å². The first kappa shape index (κ1) is 19.9. The second-order valence-electron chi connectivity index (χ2n) is 7.49. The van der Waals surface area contributed by atoms with Gasteiger partial charge in [-0.15, -0.1) is 0 Å². The van der Waals surface area contributed by atoms with Crippen LogP contribution in [0.4, 0.5) is 10.1 Å². The molecule has 2 aromatic carbocycles. The fraction of sp³-hybridized carbons (Fsp3) is 0.318. The minimum absolute atomic E-state index is 0.0239. The predicted molar refractivity (Wildman–Crippen MR) is 110 cm³/mol. The predicted octanol–water partition coefficient (Wildman–Crippen LogP) is 1.84. The summed E-state index contributed by atoms with van der Waals surface area (Å²) in [5, 5.41) is 2.83. The lowest BCUT2D eigenvalue weighted by atomic mass is 10.1. The quantitative estimate of drug-likeness (QED) is 0.838. The highest BCUT2D eigenvalue weighted by Gasteiger charge is 2.26. The minimum Gasteiger partial charge on any atom is -0.349 e. The van der Waals surface area contributed by atoms with Crippen LogP contribution in [0.15, 0.2) is 42.5 Å². The summed E-state index contributed by atoms with van der Waals surface area (Å²) in [5.41, 5.74) is 2.19. The fourth-order valence-corrected chi connectivity index (χ4v) is 3.88. The third-order valence-corrected chi connectivity index (χ3v) is 5.57. The summed E-state index contributed by atoms with van der Waals surface area (Å²) in [5.74, 6) is -1.08. The molecule has 1 fully saturated rings. The van der Waals surface area contributed by atoms with Gasteiger partial charge in [-0.05, 0) is 29.8 Å². The van der Waals surface area contributed by atoms with Crippen LogP contribution in [0.5, 0.6) is 0 Å². The van der Waals surface area contributed by atoms with Gasteiger partial charge in [-0.1, -0.05) is 18.2 Å². The van der Waals surface area contributed by atoms with Gasteiger partial charge in [0.2, 0.25) is 5.91 Å². The molecule has 156 valence electrons. The first-order chi connectivity index (χ1) is 14.4. The zero-order chi connectivity index (χ0) is 21.3. The van der Waals surface area contributed by atoms with Crippen molar-refractivity contribution in [2.45, 2.75) is 13.5 Å². The van der Waals surface area contributed by atoms with Gasteiger partial charge in [0, 0.05) is 39.6 Å². The second kappa shape index (κ2) is 8.14. The molecule has 1 saturated heterocycles. The standard InChI is InChI=1S/C22H23FN4O3/c1-15(28)25-8-10-26(11-9-25)22(30)18-12-16(6-7-19(18)23)13-27-14-24-21(29)17-4-2-3-5-20(17)27/h2-7,12H,8-11,13-14H2,1H3,(H,24,29). The Bertz CT molecular complexity index is 1000. The van der Waals surface area contributed by atoms with Crippen LogP contribution in [-0.2, 0) is 11.3 Å². The molecule has 2 heterocycles. The monoisotopic (exact) mass is 410 g/mol. The number of carbonyl (C=O) groups excluding carboxylic acids is 3. The maximum atomic E-state index is 14.5. The molecule has 0 bridgehead atoms. The van der Waals surface area contributed by atoms with Crippen molar-refractivity contribution in [2.24, 2.45) is 0 Å². The Morgan fingerprint density at radius 1 is 1.03 bits per heavy atom. The van der Waals surface area contributed by atoms with E-state index in [1.807, 2.05) is 23.1 Å². The van der Waals surface area contributed by atoms with Gasteiger partial charge in [-0.2, -0.15) is 0 Å². The van der Waals surface area contributed by atoms with E-state index >= 15 is 0 Å². The van der Waals surface area contributed by atoms with Crippen molar-refractivity contribution in [2.75, 3.05) is 37.7 Å². The number of para-hydroxylation sites is 1. The van der Waals surface area contributed by atoms with Crippen LogP contribution in [0.2, 0.25) is 0 Å². The molecule has 0 aliphatic carbocycles. The Kier molecular flexibility index (Phi) is 5.39. The van der Waals surface area contributed by atoms with Gasteiger partial charge in [0.25, 0.3) is 11.8 Å². The summed E-state index contributed by atoms with van der Waals surface area (Å²) in [6.07, 6.45) is 0. The number of hydrogen-bond donors (Lipinski definition) is 1. The lowest BCUT2D eigenvalue weighted by Gasteiger charge is -2.34. The summed E-state index contributed by atoms with van der Waals surface area (Å²) in [4.78, 5) is 41.7. The summed E-state index contributed by atoms with van der Waals surface area (Å²) >= 11 is 0. The van der Waals surface area contributed by atoms with Crippen LogP contribution in [-0.4, -0.2) is 60.4 Å². The third kappa shape index (κ3) is 3.85. The van der Waals surface area contributed by atoms with E-state index in [2.05, 4.69) is 5.32 Å². The highest BCUT2D eigenvalue weighted by molar-refractivity contribution is 6.01. The van der Waals surface area contributed by atoms with Gasteiger partial charge in [-0.25, -0.2) is 4.39 Å². The molecule has 0 aromatic heterocycles. The maximum Gasteiger partial charge on any atom is 0.256 e. The fourth-order valence-electron chi connectivity index (χ4n) is 3.88. The van der Waals surface area contributed by atoms with Crippen molar-refractivity contribution in [1.82, 2.24) is 15.1 Å². The molecule has 0 saturated carbocycles. The summed E-state index contributed by atoms with van der Waals surface area (Å²) in [7, 11) is 0. The van der Waals surface area contributed by atoms with Crippen molar-refractivity contribution >= 4 is 23.4 Å². The van der Waals surface area contributed by atoms with Gasteiger partial charge in [0.05, 0.1) is 23.5 Å². The molecule has 3 amide bonds. The van der Waals surface area contributed by atoms with Crippen molar-refractivity contribution in [3.63, 3.8) is 0 Å². The zero-order valence-electron chi connectivity index (χ0n) is 16.7. The van der Waals surface area contributed by atoms with Gasteiger partial charge in [-0.3, -0.25) is 14.4 Å². The van der Waals surface area contributed by atoms with Gasteiger partial charge in [0.1, 0.15) is 5.82 Å². The molecule has 0 radical (unpaired) electrons. The molecule has 0 atom stereocenters. The first-order valence-corrected chi connectivity index (χ1v) is 9.89. The number of carbonyl (C=O) groups is 3. The molecule has 7 nitrogen and oxygen atoms in total. The van der Waals surface area contributed by atoms with E-state index in [9.17, 15) is 18.8 Å². The topological polar surface area (TPSA) is 73.0 Å². The molecular weight excluding hydrogens is 387 g/mol. The average molecular weight is 410 g/mol. The van der Waals surface area contributed by atoms with Crippen LogP contribution >= 0.6 is 0 Å². The van der Waals surface area contributed by atoms with Crippen molar-refractivity contribution < 1.29 is 18.8 Å². The van der Waals surface area contributed by atoms with Crippen molar-refractivity contribution in [1.29, 1.82) is 0 Å². The van der Waals surface area contributed by atoms with Gasteiger partial charge >= 0.3 is 0 Å². The summed E-state index contributed by atoms with van der Waals surface area (Å²) in [6.45, 7) is 3.93. The average Bonchev–Trinajstić information content (AvgIpc) is 2.76. The number of nitrogens with one attached hydrogen (secondary N) is 1. The third-order valence-electron chi connectivity index (χ3n) is 5.57. The Morgan fingerprint density at radius 2 is 1.73 bits per heavy atom. The van der Waals surface area contributed by atoms with E-state index < -0.39 is 5.82 Å². The Balaban J connectivity index is 1.52. The molecule has 2 aliphatic rings. The van der Waals surface area contributed by atoms with Crippen LogP contribution in [0, 0.1) is 5.82 Å². The van der Waals surface area contributed by atoms with Crippen molar-refractivity contribution in [3.8, 4) is 0 Å². The molecule has 30 heavy (non-hydrogen) atoms. The molecule has 2 aromatic rings.